The van der Waals surface area contributed by atoms with E-state index in [1.165, 1.54) is 11.3 Å². The van der Waals surface area contributed by atoms with Gasteiger partial charge in [0.15, 0.2) is 5.13 Å². The summed E-state index contributed by atoms with van der Waals surface area (Å²) in [6.07, 6.45) is 0.145. The zero-order valence-electron chi connectivity index (χ0n) is 15.1. The molecule has 3 N–H and O–H groups in total. The molecule has 0 fully saturated rings. The first-order valence-electron chi connectivity index (χ1n) is 8.43. The van der Waals surface area contributed by atoms with Gasteiger partial charge in [-0.3, -0.25) is 10.1 Å². The van der Waals surface area contributed by atoms with Crippen molar-refractivity contribution >= 4 is 39.8 Å². The summed E-state index contributed by atoms with van der Waals surface area (Å²) in [6, 6.07) is 14.7. The van der Waals surface area contributed by atoms with Gasteiger partial charge in [-0.1, -0.05) is 29.8 Å². The van der Waals surface area contributed by atoms with E-state index < -0.39 is 0 Å². The van der Waals surface area contributed by atoms with Gasteiger partial charge < -0.3 is 10.6 Å². The minimum absolute atomic E-state index is 0.145. The molecule has 1 aromatic heterocycles. The van der Waals surface area contributed by atoms with Crippen molar-refractivity contribution in [3.8, 4) is 0 Å². The van der Waals surface area contributed by atoms with Crippen molar-refractivity contribution in [2.75, 3.05) is 16.0 Å². The molecule has 0 aliphatic carbocycles. The summed E-state index contributed by atoms with van der Waals surface area (Å²) >= 11 is 1.28. The lowest BCUT2D eigenvalue weighted by Gasteiger charge is -2.06. The Hall–Kier alpha value is -3.19. The van der Waals surface area contributed by atoms with Gasteiger partial charge >= 0.3 is 6.03 Å². The topological polar surface area (TPSA) is 83.1 Å². The first-order valence-corrected chi connectivity index (χ1v) is 9.31. The standard InChI is InChI=1S/C20H20N4O2S/c1-13-6-8-15(9-7-13)22-19(26)24-20-23-17(12-27-20)11-18(25)21-16-5-3-4-14(2)10-16/h3-10,12H,11H2,1-2H3,(H,21,25)(H2,22,23,24,26). The number of amides is 3. The number of aryl methyl sites for hydroxylation is 2. The first kappa shape index (κ1) is 18.6. The number of rotatable bonds is 5. The molecular formula is C20H20N4O2S. The molecule has 0 spiro atoms. The van der Waals surface area contributed by atoms with E-state index in [4.69, 9.17) is 0 Å². The Kier molecular flexibility index (Phi) is 5.83. The van der Waals surface area contributed by atoms with E-state index in [1.807, 2.05) is 62.4 Å². The largest absolute Gasteiger partial charge is 0.326 e. The number of aromatic nitrogens is 1. The molecule has 1 heterocycles. The number of thiazole rings is 1. The van der Waals surface area contributed by atoms with Crippen molar-refractivity contribution in [1.29, 1.82) is 0 Å². The zero-order chi connectivity index (χ0) is 19.2. The third kappa shape index (κ3) is 5.65. The fourth-order valence-corrected chi connectivity index (χ4v) is 3.14. The molecule has 0 bridgehead atoms. The Morgan fingerprint density at radius 1 is 0.926 bits per heavy atom. The molecule has 3 aromatic rings. The highest BCUT2D eigenvalue weighted by atomic mass is 32.1. The normalized spacial score (nSPS) is 10.3. The fraction of sp³-hybridized carbons (Fsp3) is 0.150. The average Bonchev–Trinajstić information content (AvgIpc) is 3.03. The second-order valence-electron chi connectivity index (χ2n) is 6.18. The Morgan fingerprint density at radius 2 is 1.70 bits per heavy atom. The molecule has 0 saturated heterocycles. The van der Waals surface area contributed by atoms with Crippen LogP contribution in [-0.2, 0) is 11.2 Å². The molecule has 0 atom stereocenters. The van der Waals surface area contributed by atoms with Crippen molar-refractivity contribution < 1.29 is 9.59 Å². The van der Waals surface area contributed by atoms with E-state index in [1.54, 1.807) is 5.38 Å². The average molecular weight is 380 g/mol. The number of urea groups is 1. The minimum atomic E-state index is -0.371. The van der Waals surface area contributed by atoms with Crippen LogP contribution in [0.4, 0.5) is 21.3 Å². The van der Waals surface area contributed by atoms with Gasteiger partial charge in [-0.2, -0.15) is 0 Å². The lowest BCUT2D eigenvalue weighted by Crippen LogP contribution is -2.19. The Balaban J connectivity index is 1.52. The number of nitrogens with zero attached hydrogens (tertiary/aromatic N) is 1. The second kappa shape index (κ2) is 8.46. The summed E-state index contributed by atoms with van der Waals surface area (Å²) in [7, 11) is 0. The maximum absolute atomic E-state index is 12.1. The number of hydrogen-bond donors (Lipinski definition) is 3. The summed E-state index contributed by atoms with van der Waals surface area (Å²) in [5.74, 6) is -0.151. The molecule has 27 heavy (non-hydrogen) atoms. The van der Waals surface area contributed by atoms with Gasteiger partial charge in [-0.25, -0.2) is 9.78 Å². The third-order valence-electron chi connectivity index (χ3n) is 3.73. The zero-order valence-corrected chi connectivity index (χ0v) is 15.9. The van der Waals surface area contributed by atoms with Crippen LogP contribution in [0, 0.1) is 13.8 Å². The number of benzene rings is 2. The van der Waals surface area contributed by atoms with Gasteiger partial charge in [-0.05, 0) is 43.7 Å². The monoisotopic (exact) mass is 380 g/mol. The van der Waals surface area contributed by atoms with Crippen LogP contribution in [0.15, 0.2) is 53.9 Å². The predicted molar refractivity (Wildman–Crippen MR) is 109 cm³/mol. The molecule has 3 rings (SSSR count). The fourth-order valence-electron chi connectivity index (χ4n) is 2.43. The van der Waals surface area contributed by atoms with Crippen molar-refractivity contribution in [2.45, 2.75) is 20.3 Å². The van der Waals surface area contributed by atoms with Gasteiger partial charge in [0.05, 0.1) is 12.1 Å². The molecule has 6 nitrogen and oxygen atoms in total. The molecule has 0 radical (unpaired) electrons. The van der Waals surface area contributed by atoms with E-state index >= 15 is 0 Å². The van der Waals surface area contributed by atoms with Crippen LogP contribution < -0.4 is 16.0 Å². The highest BCUT2D eigenvalue weighted by molar-refractivity contribution is 7.14. The maximum atomic E-state index is 12.1. The number of carbonyl (C=O) groups excluding carboxylic acids is 2. The number of carbonyl (C=O) groups is 2. The van der Waals surface area contributed by atoms with Crippen LogP contribution in [0.5, 0.6) is 0 Å². The minimum Gasteiger partial charge on any atom is -0.326 e. The number of nitrogens with one attached hydrogen (secondary N) is 3. The smallest absolute Gasteiger partial charge is 0.325 e. The van der Waals surface area contributed by atoms with Crippen LogP contribution in [-0.4, -0.2) is 16.9 Å². The van der Waals surface area contributed by atoms with Crippen molar-refractivity contribution in [3.05, 3.63) is 70.7 Å². The number of anilines is 3. The maximum Gasteiger partial charge on any atom is 0.325 e. The van der Waals surface area contributed by atoms with E-state index in [-0.39, 0.29) is 18.4 Å². The van der Waals surface area contributed by atoms with E-state index in [9.17, 15) is 9.59 Å². The van der Waals surface area contributed by atoms with Crippen molar-refractivity contribution in [2.24, 2.45) is 0 Å². The molecule has 3 amide bonds. The molecule has 2 aromatic carbocycles. The summed E-state index contributed by atoms with van der Waals surface area (Å²) in [4.78, 5) is 28.5. The van der Waals surface area contributed by atoms with Gasteiger partial charge in [0.1, 0.15) is 0 Å². The van der Waals surface area contributed by atoms with Crippen molar-refractivity contribution in [1.82, 2.24) is 4.98 Å². The summed E-state index contributed by atoms with van der Waals surface area (Å²) in [6.45, 7) is 3.95. The lowest BCUT2D eigenvalue weighted by molar-refractivity contribution is -0.115. The molecule has 0 unspecified atom stereocenters. The summed E-state index contributed by atoms with van der Waals surface area (Å²) < 4.78 is 0. The van der Waals surface area contributed by atoms with Crippen LogP contribution in [0.3, 0.4) is 0 Å². The molecule has 7 heteroatoms. The second-order valence-corrected chi connectivity index (χ2v) is 7.04. The Morgan fingerprint density at radius 3 is 2.44 bits per heavy atom. The van der Waals surface area contributed by atoms with Gasteiger partial charge in [-0.15, -0.1) is 11.3 Å². The number of hydrogen-bond acceptors (Lipinski definition) is 4. The van der Waals surface area contributed by atoms with Crippen LogP contribution >= 0.6 is 11.3 Å². The van der Waals surface area contributed by atoms with E-state index in [0.29, 0.717) is 16.5 Å². The summed E-state index contributed by atoms with van der Waals surface area (Å²) in [5.41, 5.74) is 4.26. The van der Waals surface area contributed by atoms with Gasteiger partial charge in [0.25, 0.3) is 0 Å². The van der Waals surface area contributed by atoms with Crippen LogP contribution in [0.1, 0.15) is 16.8 Å². The highest BCUT2D eigenvalue weighted by Crippen LogP contribution is 2.17. The summed E-state index contributed by atoms with van der Waals surface area (Å²) in [5, 5.41) is 10.5. The third-order valence-corrected chi connectivity index (χ3v) is 4.53. The van der Waals surface area contributed by atoms with Gasteiger partial charge in [0.2, 0.25) is 5.91 Å². The predicted octanol–water partition coefficient (Wildman–Crippen LogP) is 4.59. The van der Waals surface area contributed by atoms with E-state index in [2.05, 4.69) is 20.9 Å². The first-order chi connectivity index (χ1) is 13.0. The van der Waals surface area contributed by atoms with Gasteiger partial charge in [0, 0.05) is 16.8 Å². The SMILES string of the molecule is Cc1ccc(NC(=O)Nc2nc(CC(=O)Nc3cccc(C)c3)cs2)cc1. The Labute approximate surface area is 161 Å². The molecular weight excluding hydrogens is 360 g/mol. The van der Waals surface area contributed by atoms with Crippen molar-refractivity contribution in [3.63, 3.8) is 0 Å². The molecule has 0 saturated carbocycles. The lowest BCUT2D eigenvalue weighted by atomic mass is 10.2. The molecule has 138 valence electrons. The Bertz CT molecular complexity index is 951. The molecule has 0 aliphatic heterocycles. The van der Waals surface area contributed by atoms with Crippen LogP contribution in [0.2, 0.25) is 0 Å². The molecule has 0 aliphatic rings. The highest BCUT2D eigenvalue weighted by Gasteiger charge is 2.10. The quantitative estimate of drug-likeness (QED) is 0.606. The van der Waals surface area contributed by atoms with E-state index in [0.717, 1.165) is 16.8 Å². The van der Waals surface area contributed by atoms with Crippen LogP contribution in [0.25, 0.3) is 0 Å².